The molecule has 0 bridgehead atoms. The van der Waals surface area contributed by atoms with Crippen LogP contribution >= 0.6 is 15.9 Å². The number of rotatable bonds is 2. The van der Waals surface area contributed by atoms with Gasteiger partial charge in [0, 0.05) is 41.4 Å². The summed E-state index contributed by atoms with van der Waals surface area (Å²) in [5.74, 6) is 0. The zero-order valence-electron chi connectivity index (χ0n) is 10.7. The Labute approximate surface area is 121 Å². The highest BCUT2D eigenvalue weighted by Gasteiger charge is 2.18. The van der Waals surface area contributed by atoms with Crippen molar-refractivity contribution < 1.29 is 5.11 Å². The second-order valence-electron chi connectivity index (χ2n) is 5.18. The molecule has 3 nitrogen and oxygen atoms in total. The highest BCUT2D eigenvalue weighted by atomic mass is 79.9. The molecule has 2 heterocycles. The average molecular weight is 321 g/mol. The Morgan fingerprint density at radius 1 is 1.32 bits per heavy atom. The van der Waals surface area contributed by atoms with Crippen molar-refractivity contribution in [3.63, 3.8) is 0 Å². The van der Waals surface area contributed by atoms with Crippen LogP contribution in [0.5, 0.6) is 0 Å². The van der Waals surface area contributed by atoms with Gasteiger partial charge in [-0.05, 0) is 52.4 Å². The van der Waals surface area contributed by atoms with Gasteiger partial charge in [0.25, 0.3) is 0 Å². The number of fused-ring (bicyclic) bond motifs is 1. The lowest BCUT2D eigenvalue weighted by atomic mass is 10.1. The molecule has 1 unspecified atom stereocenters. The summed E-state index contributed by atoms with van der Waals surface area (Å²) >= 11 is 3.44. The first-order valence-corrected chi connectivity index (χ1v) is 7.48. The van der Waals surface area contributed by atoms with E-state index in [0.29, 0.717) is 0 Å². The first-order valence-electron chi connectivity index (χ1n) is 6.68. The molecule has 0 spiro atoms. The zero-order chi connectivity index (χ0) is 13.2. The fraction of sp³-hybridized carbons (Fsp3) is 0.400. The first kappa shape index (κ1) is 12.9. The number of pyridine rings is 1. The fourth-order valence-electron chi connectivity index (χ4n) is 2.74. The van der Waals surface area contributed by atoms with Crippen molar-refractivity contribution in [3.8, 4) is 0 Å². The minimum absolute atomic E-state index is 0.292. The molecule has 19 heavy (non-hydrogen) atoms. The maximum absolute atomic E-state index is 10.1. The van der Waals surface area contributed by atoms with Gasteiger partial charge in [0.1, 0.15) is 0 Å². The molecule has 2 aromatic rings. The van der Waals surface area contributed by atoms with Crippen molar-refractivity contribution in [2.24, 2.45) is 0 Å². The van der Waals surface area contributed by atoms with Crippen LogP contribution in [0.3, 0.4) is 0 Å². The molecule has 1 atom stereocenters. The van der Waals surface area contributed by atoms with Gasteiger partial charge in [0.15, 0.2) is 0 Å². The molecule has 4 heteroatoms. The number of aliphatic hydroxyl groups excluding tert-OH is 1. The van der Waals surface area contributed by atoms with Gasteiger partial charge in [0.05, 0.1) is 6.10 Å². The van der Waals surface area contributed by atoms with E-state index in [4.69, 9.17) is 0 Å². The second-order valence-corrected chi connectivity index (χ2v) is 6.10. The Kier molecular flexibility index (Phi) is 3.71. The van der Waals surface area contributed by atoms with E-state index < -0.39 is 0 Å². The Balaban J connectivity index is 1.85. The standard InChI is InChI=1S/C15H17BrN2O/c16-13-5-11(6-17-7-13)8-18-9-12-3-1-2-4-15(19)14(12)10-18/h5-7,9-10,15,19H,1-4,8H2. The van der Waals surface area contributed by atoms with Gasteiger partial charge < -0.3 is 9.67 Å². The van der Waals surface area contributed by atoms with E-state index >= 15 is 0 Å². The van der Waals surface area contributed by atoms with Crippen molar-refractivity contribution in [2.75, 3.05) is 0 Å². The number of hydrogen-bond donors (Lipinski definition) is 1. The molecule has 0 saturated heterocycles. The number of aromatic nitrogens is 2. The summed E-state index contributed by atoms with van der Waals surface area (Å²) in [4.78, 5) is 4.18. The molecule has 0 saturated carbocycles. The molecule has 1 aliphatic carbocycles. The first-order chi connectivity index (χ1) is 9.22. The van der Waals surface area contributed by atoms with Gasteiger partial charge in [-0.2, -0.15) is 0 Å². The third-order valence-electron chi connectivity index (χ3n) is 3.66. The monoisotopic (exact) mass is 320 g/mol. The van der Waals surface area contributed by atoms with E-state index in [1.54, 1.807) is 6.20 Å². The maximum atomic E-state index is 10.1. The van der Waals surface area contributed by atoms with E-state index in [1.807, 2.05) is 6.20 Å². The molecule has 0 aromatic carbocycles. The molecular formula is C15H17BrN2O. The van der Waals surface area contributed by atoms with Crippen molar-refractivity contribution in [1.29, 1.82) is 0 Å². The van der Waals surface area contributed by atoms with Gasteiger partial charge >= 0.3 is 0 Å². The maximum Gasteiger partial charge on any atom is 0.0807 e. The summed E-state index contributed by atoms with van der Waals surface area (Å²) in [6, 6.07) is 2.08. The minimum atomic E-state index is -0.292. The number of hydrogen-bond acceptors (Lipinski definition) is 2. The average Bonchev–Trinajstić information content (AvgIpc) is 2.70. The molecule has 100 valence electrons. The lowest BCUT2D eigenvalue weighted by Crippen LogP contribution is -1.98. The summed E-state index contributed by atoms with van der Waals surface area (Å²) in [5, 5.41) is 10.1. The normalized spacial score (nSPS) is 18.9. The second kappa shape index (κ2) is 5.47. The van der Waals surface area contributed by atoms with Crippen LogP contribution in [-0.4, -0.2) is 14.7 Å². The molecule has 2 aromatic heterocycles. The van der Waals surface area contributed by atoms with Crippen LogP contribution in [0.25, 0.3) is 0 Å². The predicted molar refractivity (Wildman–Crippen MR) is 78.0 cm³/mol. The van der Waals surface area contributed by atoms with Crippen LogP contribution in [0, 0.1) is 0 Å². The summed E-state index contributed by atoms with van der Waals surface area (Å²) in [7, 11) is 0. The van der Waals surface area contributed by atoms with Crippen molar-refractivity contribution in [2.45, 2.75) is 38.3 Å². The van der Waals surface area contributed by atoms with Crippen molar-refractivity contribution in [1.82, 2.24) is 9.55 Å². The van der Waals surface area contributed by atoms with Crippen LogP contribution in [0.2, 0.25) is 0 Å². The SMILES string of the molecule is OC1CCCCc2cn(Cc3cncc(Br)c3)cc21. The van der Waals surface area contributed by atoms with Crippen LogP contribution in [0.1, 0.15) is 42.1 Å². The van der Waals surface area contributed by atoms with E-state index in [1.165, 1.54) is 12.0 Å². The minimum Gasteiger partial charge on any atom is -0.388 e. The highest BCUT2D eigenvalue weighted by Crippen LogP contribution is 2.29. The lowest BCUT2D eigenvalue weighted by molar-refractivity contribution is 0.166. The largest absolute Gasteiger partial charge is 0.388 e. The fourth-order valence-corrected chi connectivity index (χ4v) is 3.15. The number of halogens is 1. The van der Waals surface area contributed by atoms with Gasteiger partial charge in [-0.1, -0.05) is 6.42 Å². The van der Waals surface area contributed by atoms with E-state index in [-0.39, 0.29) is 6.10 Å². The lowest BCUT2D eigenvalue weighted by Gasteiger charge is -2.06. The predicted octanol–water partition coefficient (Wildman–Crippen LogP) is 3.45. The Bertz CT molecular complexity index is 579. The number of nitrogens with zero attached hydrogens (tertiary/aromatic N) is 2. The molecule has 3 rings (SSSR count). The van der Waals surface area contributed by atoms with Crippen molar-refractivity contribution >= 4 is 15.9 Å². The van der Waals surface area contributed by atoms with Gasteiger partial charge in [-0.25, -0.2) is 0 Å². The quantitative estimate of drug-likeness (QED) is 0.860. The molecule has 0 amide bonds. The summed E-state index contributed by atoms with van der Waals surface area (Å²) in [6.07, 6.45) is 11.9. The van der Waals surface area contributed by atoms with Crippen LogP contribution in [0.4, 0.5) is 0 Å². The van der Waals surface area contributed by atoms with Gasteiger partial charge in [-0.15, -0.1) is 0 Å². The number of aryl methyl sites for hydroxylation is 1. The number of aliphatic hydroxyl groups is 1. The third kappa shape index (κ3) is 2.90. The third-order valence-corrected chi connectivity index (χ3v) is 4.09. The molecular weight excluding hydrogens is 304 g/mol. The highest BCUT2D eigenvalue weighted by molar-refractivity contribution is 9.10. The summed E-state index contributed by atoms with van der Waals surface area (Å²) in [6.45, 7) is 0.798. The van der Waals surface area contributed by atoms with E-state index in [9.17, 15) is 5.11 Å². The van der Waals surface area contributed by atoms with Crippen LogP contribution in [0.15, 0.2) is 35.3 Å². The summed E-state index contributed by atoms with van der Waals surface area (Å²) < 4.78 is 3.15. The molecule has 1 N–H and O–H groups in total. The van der Waals surface area contributed by atoms with Crippen LogP contribution < -0.4 is 0 Å². The smallest absolute Gasteiger partial charge is 0.0807 e. The van der Waals surface area contributed by atoms with Gasteiger partial charge in [0.2, 0.25) is 0 Å². The van der Waals surface area contributed by atoms with Crippen LogP contribution in [-0.2, 0) is 13.0 Å². The van der Waals surface area contributed by atoms with E-state index in [0.717, 1.165) is 41.4 Å². The van der Waals surface area contributed by atoms with E-state index in [2.05, 4.69) is 43.9 Å². The van der Waals surface area contributed by atoms with Crippen molar-refractivity contribution in [3.05, 3.63) is 52.0 Å². The Hall–Kier alpha value is -1.13. The molecule has 0 aliphatic heterocycles. The zero-order valence-corrected chi connectivity index (χ0v) is 12.3. The molecule has 0 fully saturated rings. The Morgan fingerprint density at radius 3 is 3.05 bits per heavy atom. The molecule has 1 aliphatic rings. The summed E-state index contributed by atoms with van der Waals surface area (Å²) in [5.41, 5.74) is 3.57. The van der Waals surface area contributed by atoms with Gasteiger partial charge in [-0.3, -0.25) is 4.98 Å². The Morgan fingerprint density at radius 2 is 2.21 bits per heavy atom. The molecule has 0 radical (unpaired) electrons. The topological polar surface area (TPSA) is 38.0 Å².